The monoisotopic (exact) mass is 291 g/mol. The number of hydrogen-bond acceptors (Lipinski definition) is 2. The van der Waals surface area contributed by atoms with Crippen molar-refractivity contribution in [3.05, 3.63) is 77.6 Å². The zero-order valence-electron chi connectivity index (χ0n) is 12.2. The van der Waals surface area contributed by atoms with Crippen molar-refractivity contribution in [2.75, 3.05) is 0 Å². The van der Waals surface area contributed by atoms with Gasteiger partial charge in [0.05, 0.1) is 5.69 Å². The maximum absolute atomic E-state index is 10.6. The van der Waals surface area contributed by atoms with Gasteiger partial charge < -0.3 is 5.11 Å². The van der Waals surface area contributed by atoms with Gasteiger partial charge in [0.1, 0.15) is 0 Å². The Balaban J connectivity index is 1.79. The van der Waals surface area contributed by atoms with Crippen LogP contribution in [0, 0.1) is 0 Å². The van der Waals surface area contributed by atoms with Crippen molar-refractivity contribution in [3.8, 4) is 0 Å². The Bertz CT molecular complexity index is 789. The lowest BCUT2D eigenvalue weighted by Gasteiger charge is -2.06. The van der Waals surface area contributed by atoms with Crippen LogP contribution >= 0.6 is 0 Å². The normalized spacial score (nSPS) is 10.7. The highest BCUT2D eigenvalue weighted by atomic mass is 16.4. The molecule has 0 aliphatic rings. The predicted molar refractivity (Wildman–Crippen MR) is 86.9 cm³/mol. The summed E-state index contributed by atoms with van der Waals surface area (Å²) >= 11 is 0. The van der Waals surface area contributed by atoms with E-state index in [1.807, 2.05) is 36.5 Å². The lowest BCUT2D eigenvalue weighted by atomic mass is 10.0. The maximum Gasteiger partial charge on any atom is 0.303 e. The summed E-state index contributed by atoms with van der Waals surface area (Å²) in [7, 11) is 0. The van der Waals surface area contributed by atoms with Crippen molar-refractivity contribution in [3.63, 3.8) is 0 Å². The van der Waals surface area contributed by atoms with Crippen molar-refractivity contribution < 1.29 is 9.90 Å². The Morgan fingerprint density at radius 3 is 2.45 bits per heavy atom. The summed E-state index contributed by atoms with van der Waals surface area (Å²) < 4.78 is 0. The lowest BCUT2D eigenvalue weighted by molar-refractivity contribution is -0.136. The average molecular weight is 291 g/mol. The molecule has 3 rings (SSSR count). The lowest BCUT2D eigenvalue weighted by Crippen LogP contribution is -1.98. The molecular formula is C19H17NO2. The van der Waals surface area contributed by atoms with Crippen LogP contribution in [0.1, 0.15) is 23.2 Å². The van der Waals surface area contributed by atoms with Gasteiger partial charge in [0.15, 0.2) is 0 Å². The predicted octanol–water partition coefficient (Wildman–Crippen LogP) is 3.84. The number of carboxylic acids is 1. The second kappa shape index (κ2) is 6.39. The zero-order valence-corrected chi connectivity index (χ0v) is 12.2. The third-order valence-electron chi connectivity index (χ3n) is 3.78. The van der Waals surface area contributed by atoms with Gasteiger partial charge in [0, 0.05) is 24.4 Å². The molecule has 3 aromatic rings. The minimum absolute atomic E-state index is 0.171. The van der Waals surface area contributed by atoms with Crippen molar-refractivity contribution in [1.29, 1.82) is 0 Å². The number of carbonyl (C=O) groups is 1. The van der Waals surface area contributed by atoms with Crippen LogP contribution < -0.4 is 0 Å². The number of rotatable bonds is 5. The fourth-order valence-corrected chi connectivity index (χ4v) is 2.59. The molecule has 0 bridgehead atoms. The number of carboxylic acid groups (broad SMARTS) is 1. The SMILES string of the molecule is O=C(O)CCc1ccc(Cc2nccc3ccccc23)cc1. The van der Waals surface area contributed by atoms with E-state index in [1.165, 1.54) is 16.3 Å². The van der Waals surface area contributed by atoms with Gasteiger partial charge in [-0.1, -0.05) is 48.5 Å². The van der Waals surface area contributed by atoms with E-state index >= 15 is 0 Å². The van der Waals surface area contributed by atoms with Crippen LogP contribution in [0.2, 0.25) is 0 Å². The van der Waals surface area contributed by atoms with Crippen LogP contribution in [0.25, 0.3) is 10.8 Å². The Morgan fingerprint density at radius 2 is 1.68 bits per heavy atom. The molecule has 0 radical (unpaired) electrons. The van der Waals surface area contributed by atoms with Crippen LogP contribution in [-0.4, -0.2) is 16.1 Å². The first-order chi connectivity index (χ1) is 10.7. The molecular weight excluding hydrogens is 274 g/mol. The fraction of sp³-hybridized carbons (Fsp3) is 0.158. The molecule has 22 heavy (non-hydrogen) atoms. The molecule has 0 fully saturated rings. The number of aromatic nitrogens is 1. The van der Waals surface area contributed by atoms with Crippen molar-refractivity contribution in [1.82, 2.24) is 4.98 Å². The second-order valence-electron chi connectivity index (χ2n) is 5.37. The van der Waals surface area contributed by atoms with Crippen molar-refractivity contribution in [2.24, 2.45) is 0 Å². The molecule has 0 atom stereocenters. The minimum Gasteiger partial charge on any atom is -0.481 e. The molecule has 3 nitrogen and oxygen atoms in total. The van der Waals surface area contributed by atoms with Gasteiger partial charge in [-0.25, -0.2) is 0 Å². The molecule has 110 valence electrons. The Morgan fingerprint density at radius 1 is 0.955 bits per heavy atom. The molecule has 0 aliphatic heterocycles. The molecule has 0 saturated heterocycles. The fourth-order valence-electron chi connectivity index (χ4n) is 2.59. The molecule has 2 aromatic carbocycles. The number of nitrogens with zero attached hydrogens (tertiary/aromatic N) is 1. The topological polar surface area (TPSA) is 50.2 Å². The zero-order chi connectivity index (χ0) is 15.4. The van der Waals surface area contributed by atoms with Crippen LogP contribution in [0.15, 0.2) is 60.8 Å². The summed E-state index contributed by atoms with van der Waals surface area (Å²) in [5.74, 6) is -0.760. The van der Waals surface area contributed by atoms with E-state index in [2.05, 4.69) is 29.2 Å². The van der Waals surface area contributed by atoms with E-state index in [4.69, 9.17) is 5.11 Å². The molecule has 1 aromatic heterocycles. The molecule has 0 unspecified atom stereocenters. The number of aliphatic carboxylic acids is 1. The van der Waals surface area contributed by atoms with E-state index in [-0.39, 0.29) is 6.42 Å². The minimum atomic E-state index is -0.760. The third-order valence-corrected chi connectivity index (χ3v) is 3.78. The van der Waals surface area contributed by atoms with Crippen molar-refractivity contribution in [2.45, 2.75) is 19.3 Å². The Kier molecular flexibility index (Phi) is 4.15. The highest BCUT2D eigenvalue weighted by Gasteiger charge is 2.04. The van der Waals surface area contributed by atoms with Crippen LogP contribution in [0.5, 0.6) is 0 Å². The third kappa shape index (κ3) is 3.31. The first-order valence-corrected chi connectivity index (χ1v) is 7.34. The van der Waals surface area contributed by atoms with Gasteiger partial charge in [-0.05, 0) is 29.0 Å². The van der Waals surface area contributed by atoms with Gasteiger partial charge in [0.2, 0.25) is 0 Å². The second-order valence-corrected chi connectivity index (χ2v) is 5.37. The van der Waals surface area contributed by atoms with Crippen LogP contribution in [0.3, 0.4) is 0 Å². The summed E-state index contributed by atoms with van der Waals surface area (Å²) in [5, 5.41) is 11.1. The molecule has 0 spiro atoms. The van der Waals surface area contributed by atoms with Gasteiger partial charge in [-0.2, -0.15) is 0 Å². The van der Waals surface area contributed by atoms with Crippen LogP contribution in [0.4, 0.5) is 0 Å². The van der Waals surface area contributed by atoms with Crippen molar-refractivity contribution >= 4 is 16.7 Å². The highest BCUT2D eigenvalue weighted by Crippen LogP contribution is 2.19. The Labute approximate surface area is 129 Å². The number of pyridine rings is 1. The van der Waals surface area contributed by atoms with E-state index in [1.54, 1.807) is 0 Å². The molecule has 1 N–H and O–H groups in total. The van der Waals surface area contributed by atoms with E-state index < -0.39 is 5.97 Å². The van der Waals surface area contributed by atoms with Gasteiger partial charge in [-0.15, -0.1) is 0 Å². The summed E-state index contributed by atoms with van der Waals surface area (Å²) in [4.78, 5) is 15.1. The maximum atomic E-state index is 10.6. The summed E-state index contributed by atoms with van der Waals surface area (Å²) in [5.41, 5.74) is 3.30. The standard InChI is InChI=1S/C19H17NO2/c21-19(22)10-9-14-5-7-15(8-6-14)13-18-17-4-2-1-3-16(17)11-12-20-18/h1-8,11-12H,9-10,13H2,(H,21,22). The number of hydrogen-bond donors (Lipinski definition) is 1. The highest BCUT2D eigenvalue weighted by molar-refractivity contribution is 5.84. The molecule has 1 heterocycles. The number of aryl methyl sites for hydroxylation is 1. The largest absolute Gasteiger partial charge is 0.481 e. The van der Waals surface area contributed by atoms with Gasteiger partial charge in [0.25, 0.3) is 0 Å². The van der Waals surface area contributed by atoms with Gasteiger partial charge >= 0.3 is 5.97 Å². The van der Waals surface area contributed by atoms with Gasteiger partial charge in [-0.3, -0.25) is 9.78 Å². The van der Waals surface area contributed by atoms with E-state index in [0.29, 0.717) is 6.42 Å². The summed E-state index contributed by atoms with van der Waals surface area (Å²) in [6, 6.07) is 18.4. The van der Waals surface area contributed by atoms with E-state index in [9.17, 15) is 4.79 Å². The average Bonchev–Trinajstić information content (AvgIpc) is 2.54. The smallest absolute Gasteiger partial charge is 0.303 e. The molecule has 0 saturated carbocycles. The summed E-state index contributed by atoms with van der Waals surface area (Å²) in [6.07, 6.45) is 3.37. The molecule has 0 amide bonds. The quantitative estimate of drug-likeness (QED) is 0.777. The number of benzene rings is 2. The Hall–Kier alpha value is -2.68. The summed E-state index contributed by atoms with van der Waals surface area (Å²) in [6.45, 7) is 0. The van der Waals surface area contributed by atoms with Crippen LogP contribution in [-0.2, 0) is 17.6 Å². The number of fused-ring (bicyclic) bond motifs is 1. The van der Waals surface area contributed by atoms with E-state index in [0.717, 1.165) is 17.7 Å². The molecule has 0 aliphatic carbocycles. The molecule has 3 heteroatoms. The first kappa shape index (κ1) is 14.3. The first-order valence-electron chi connectivity index (χ1n) is 7.34.